The number of halogens is 1. The Morgan fingerprint density at radius 3 is 2.68 bits per heavy atom. The summed E-state index contributed by atoms with van der Waals surface area (Å²) in [4.78, 5) is 14.2. The average Bonchev–Trinajstić information content (AvgIpc) is 3.17. The van der Waals surface area contributed by atoms with Gasteiger partial charge < -0.3 is 9.64 Å². The summed E-state index contributed by atoms with van der Waals surface area (Å²) in [7, 11) is 3.42. The van der Waals surface area contributed by atoms with Gasteiger partial charge in [0.05, 0.1) is 18.6 Å². The molecule has 3 rings (SSSR count). The van der Waals surface area contributed by atoms with E-state index in [1.807, 2.05) is 54.0 Å². The number of thioether (sulfide) groups is 1. The topological polar surface area (TPSA) is 60.2 Å². The molecule has 0 saturated heterocycles. The van der Waals surface area contributed by atoms with Gasteiger partial charge in [-0.1, -0.05) is 41.6 Å². The van der Waals surface area contributed by atoms with Crippen molar-refractivity contribution in [1.82, 2.24) is 19.7 Å². The van der Waals surface area contributed by atoms with Crippen molar-refractivity contribution in [3.8, 4) is 11.4 Å². The van der Waals surface area contributed by atoms with Crippen LogP contribution in [0, 0.1) is 6.92 Å². The third-order valence-corrected chi connectivity index (χ3v) is 5.61. The highest BCUT2D eigenvalue weighted by Crippen LogP contribution is 2.24. The number of aromatic nitrogens is 3. The summed E-state index contributed by atoms with van der Waals surface area (Å²) in [6.45, 7) is 2.48. The van der Waals surface area contributed by atoms with Gasteiger partial charge >= 0.3 is 0 Å². The van der Waals surface area contributed by atoms with Crippen molar-refractivity contribution >= 4 is 29.3 Å². The molecule has 0 saturated carbocycles. The molecule has 0 N–H and O–H groups in total. The summed E-state index contributed by atoms with van der Waals surface area (Å²) in [6.07, 6.45) is 1.62. The summed E-state index contributed by atoms with van der Waals surface area (Å²) in [5.74, 6) is 1.08. The molecular weight excluding hydrogens is 396 g/mol. The predicted octanol–water partition coefficient (Wildman–Crippen LogP) is 3.99. The number of methoxy groups -OCH3 is 1. The van der Waals surface area contributed by atoms with E-state index in [-0.39, 0.29) is 11.7 Å². The van der Waals surface area contributed by atoms with Crippen LogP contribution >= 0.6 is 23.4 Å². The van der Waals surface area contributed by atoms with Gasteiger partial charge in [0.15, 0.2) is 5.16 Å². The number of aryl methyl sites for hydroxylation is 1. The Morgan fingerprint density at radius 2 is 2.00 bits per heavy atom. The molecule has 28 heavy (non-hydrogen) atoms. The highest BCUT2D eigenvalue weighted by atomic mass is 35.5. The molecular formula is C20H21ClN4O2S. The van der Waals surface area contributed by atoms with Crippen molar-refractivity contribution in [3.63, 3.8) is 0 Å². The highest BCUT2D eigenvalue weighted by Gasteiger charge is 2.14. The Kier molecular flexibility index (Phi) is 6.59. The molecule has 0 radical (unpaired) electrons. The third kappa shape index (κ3) is 4.85. The molecule has 0 fully saturated rings. The maximum atomic E-state index is 12.5. The second kappa shape index (κ2) is 9.12. The third-order valence-electron chi connectivity index (χ3n) is 4.28. The van der Waals surface area contributed by atoms with Gasteiger partial charge in [-0.15, -0.1) is 10.2 Å². The van der Waals surface area contributed by atoms with Crippen molar-refractivity contribution in [2.24, 2.45) is 0 Å². The zero-order valence-corrected chi connectivity index (χ0v) is 17.5. The Hall–Kier alpha value is -2.51. The molecule has 0 spiro atoms. The first-order valence-corrected chi connectivity index (χ1v) is 10.0. The summed E-state index contributed by atoms with van der Waals surface area (Å²) >= 11 is 7.57. The lowest BCUT2D eigenvalue weighted by molar-refractivity contribution is -0.127. The van der Waals surface area contributed by atoms with Gasteiger partial charge in [0.25, 0.3) is 0 Å². The fourth-order valence-corrected chi connectivity index (χ4v) is 3.61. The standard InChI is InChI=1S/C20H21ClN4O2S/c1-14-4-7-16(10-18(14)21)25-13-22-23-20(25)28-12-19(26)24(2)11-15-5-8-17(27-3)9-6-15/h4-10,13H,11-12H2,1-3H3. The van der Waals surface area contributed by atoms with Gasteiger partial charge in [-0.2, -0.15) is 0 Å². The normalized spacial score (nSPS) is 10.7. The molecule has 6 nitrogen and oxygen atoms in total. The van der Waals surface area contributed by atoms with Gasteiger partial charge in [0.1, 0.15) is 12.1 Å². The quantitative estimate of drug-likeness (QED) is 0.545. The van der Waals surface area contributed by atoms with Crippen molar-refractivity contribution in [1.29, 1.82) is 0 Å². The lowest BCUT2D eigenvalue weighted by atomic mass is 10.2. The minimum atomic E-state index is 0.0114. The summed E-state index contributed by atoms with van der Waals surface area (Å²) in [5, 5.41) is 9.42. The minimum Gasteiger partial charge on any atom is -0.497 e. The second-order valence-electron chi connectivity index (χ2n) is 6.30. The molecule has 0 atom stereocenters. The first-order chi connectivity index (χ1) is 13.5. The molecule has 8 heteroatoms. The van der Waals surface area contributed by atoms with Crippen molar-refractivity contribution in [2.45, 2.75) is 18.6 Å². The van der Waals surface area contributed by atoms with Crippen molar-refractivity contribution < 1.29 is 9.53 Å². The van der Waals surface area contributed by atoms with Gasteiger partial charge in [0, 0.05) is 18.6 Å². The Morgan fingerprint density at radius 1 is 1.25 bits per heavy atom. The average molecular weight is 417 g/mol. The highest BCUT2D eigenvalue weighted by molar-refractivity contribution is 7.99. The van der Waals surface area contributed by atoms with Crippen LogP contribution in [0.5, 0.6) is 5.75 Å². The Labute approximate surface area is 173 Å². The lowest BCUT2D eigenvalue weighted by Gasteiger charge is -2.17. The molecule has 0 bridgehead atoms. The molecule has 1 aromatic heterocycles. The van der Waals surface area contributed by atoms with E-state index in [9.17, 15) is 4.79 Å². The van der Waals surface area contributed by atoms with Gasteiger partial charge in [0.2, 0.25) is 5.91 Å². The summed E-state index contributed by atoms with van der Waals surface area (Å²) < 4.78 is 6.98. The number of ether oxygens (including phenoxy) is 1. The number of hydrogen-bond acceptors (Lipinski definition) is 5. The molecule has 146 valence electrons. The fraction of sp³-hybridized carbons (Fsp3) is 0.250. The number of nitrogens with zero attached hydrogens (tertiary/aromatic N) is 4. The summed E-state index contributed by atoms with van der Waals surface area (Å²) in [6, 6.07) is 13.4. The van der Waals surface area contributed by atoms with Crippen molar-refractivity contribution in [2.75, 3.05) is 19.9 Å². The molecule has 0 unspecified atom stereocenters. The maximum Gasteiger partial charge on any atom is 0.233 e. The van der Waals surface area contributed by atoms with Crippen LogP contribution in [0.1, 0.15) is 11.1 Å². The first-order valence-electron chi connectivity index (χ1n) is 8.64. The van der Waals surface area contributed by atoms with Crippen LogP contribution in [0.3, 0.4) is 0 Å². The van der Waals surface area contributed by atoms with E-state index in [1.54, 1.807) is 25.4 Å². The molecule has 0 aliphatic carbocycles. The number of rotatable bonds is 7. The lowest BCUT2D eigenvalue weighted by Crippen LogP contribution is -2.27. The molecule has 0 aliphatic heterocycles. The van der Waals surface area contributed by atoms with Crippen LogP contribution in [-0.4, -0.2) is 45.5 Å². The van der Waals surface area contributed by atoms with Crippen LogP contribution < -0.4 is 4.74 Å². The summed E-state index contributed by atoms with van der Waals surface area (Å²) in [5.41, 5.74) is 2.91. The molecule has 3 aromatic rings. The monoisotopic (exact) mass is 416 g/mol. The molecule has 2 aromatic carbocycles. The number of amides is 1. The van der Waals surface area contributed by atoms with Crippen LogP contribution in [0.2, 0.25) is 5.02 Å². The molecule has 1 heterocycles. The fourth-order valence-electron chi connectivity index (χ4n) is 2.56. The van der Waals surface area contributed by atoms with E-state index in [0.717, 1.165) is 22.6 Å². The van der Waals surface area contributed by atoms with E-state index in [0.29, 0.717) is 16.7 Å². The maximum absolute atomic E-state index is 12.5. The number of benzene rings is 2. The van der Waals surface area contributed by atoms with E-state index in [4.69, 9.17) is 16.3 Å². The SMILES string of the molecule is COc1ccc(CN(C)C(=O)CSc2nncn2-c2ccc(C)c(Cl)c2)cc1. The smallest absolute Gasteiger partial charge is 0.233 e. The van der Waals surface area contributed by atoms with Crippen LogP contribution in [0.25, 0.3) is 5.69 Å². The van der Waals surface area contributed by atoms with Gasteiger partial charge in [-0.05, 0) is 42.3 Å². The van der Waals surface area contributed by atoms with E-state index >= 15 is 0 Å². The zero-order chi connectivity index (χ0) is 20.1. The predicted molar refractivity (Wildman–Crippen MR) is 111 cm³/mol. The number of carbonyl (C=O) groups excluding carboxylic acids is 1. The van der Waals surface area contributed by atoms with Crippen LogP contribution in [-0.2, 0) is 11.3 Å². The van der Waals surface area contributed by atoms with E-state index < -0.39 is 0 Å². The minimum absolute atomic E-state index is 0.0114. The second-order valence-corrected chi connectivity index (χ2v) is 7.65. The largest absolute Gasteiger partial charge is 0.497 e. The number of carbonyl (C=O) groups is 1. The van der Waals surface area contributed by atoms with E-state index in [1.165, 1.54) is 11.8 Å². The van der Waals surface area contributed by atoms with Crippen LogP contribution in [0.15, 0.2) is 53.9 Å². The van der Waals surface area contributed by atoms with E-state index in [2.05, 4.69) is 10.2 Å². The zero-order valence-electron chi connectivity index (χ0n) is 15.9. The molecule has 0 aliphatic rings. The Balaban J connectivity index is 1.61. The van der Waals surface area contributed by atoms with Gasteiger partial charge in [-0.25, -0.2) is 0 Å². The van der Waals surface area contributed by atoms with Crippen molar-refractivity contribution in [3.05, 3.63) is 64.9 Å². The first kappa shape index (κ1) is 20.2. The Bertz CT molecular complexity index is 959. The van der Waals surface area contributed by atoms with Crippen LogP contribution in [0.4, 0.5) is 0 Å². The molecule has 1 amide bonds. The number of hydrogen-bond donors (Lipinski definition) is 0. The van der Waals surface area contributed by atoms with Gasteiger partial charge in [-0.3, -0.25) is 9.36 Å².